The van der Waals surface area contributed by atoms with Crippen LogP contribution in [0.15, 0.2) is 18.2 Å². The molecule has 4 nitrogen and oxygen atoms in total. The topological polar surface area (TPSA) is 56.1 Å². The summed E-state index contributed by atoms with van der Waals surface area (Å²) in [6.07, 6.45) is 0. The van der Waals surface area contributed by atoms with Gasteiger partial charge in [-0.25, -0.2) is 0 Å². The molecule has 0 saturated carbocycles. The van der Waals surface area contributed by atoms with E-state index >= 15 is 0 Å². The standard InChI is InChI=1S/C14H19N3O/c1-4-17(5-2)10-13-8-12(9-15)6-7-14(13)16-11(3)18/h6-8H,4-5,10H2,1-3H3,(H,16,18). The molecule has 4 heteroatoms. The first-order valence-corrected chi connectivity index (χ1v) is 6.13. The first-order chi connectivity index (χ1) is 8.60. The van der Waals surface area contributed by atoms with Crippen molar-refractivity contribution in [2.45, 2.75) is 27.3 Å². The second-order valence-corrected chi connectivity index (χ2v) is 4.13. The third kappa shape index (κ3) is 3.86. The molecule has 1 amide bonds. The maximum absolute atomic E-state index is 11.2. The van der Waals surface area contributed by atoms with E-state index in [0.717, 1.165) is 30.9 Å². The van der Waals surface area contributed by atoms with Crippen molar-refractivity contribution in [1.29, 1.82) is 5.26 Å². The lowest BCUT2D eigenvalue weighted by atomic mass is 10.1. The number of benzene rings is 1. The Bertz CT molecular complexity index is 459. The molecule has 0 aromatic heterocycles. The van der Waals surface area contributed by atoms with E-state index in [4.69, 9.17) is 5.26 Å². The molecule has 0 unspecified atom stereocenters. The van der Waals surface area contributed by atoms with Gasteiger partial charge in [0.05, 0.1) is 11.6 Å². The molecule has 1 aromatic rings. The van der Waals surface area contributed by atoms with Crippen molar-refractivity contribution in [2.24, 2.45) is 0 Å². The van der Waals surface area contributed by atoms with E-state index < -0.39 is 0 Å². The van der Waals surface area contributed by atoms with Gasteiger partial charge in [0, 0.05) is 19.2 Å². The highest BCUT2D eigenvalue weighted by molar-refractivity contribution is 5.89. The Kier molecular flexibility index (Phi) is 5.34. The Morgan fingerprint density at radius 3 is 2.56 bits per heavy atom. The van der Waals surface area contributed by atoms with Crippen molar-refractivity contribution in [3.63, 3.8) is 0 Å². The van der Waals surface area contributed by atoms with Gasteiger partial charge in [0.1, 0.15) is 0 Å². The van der Waals surface area contributed by atoms with Crippen molar-refractivity contribution >= 4 is 11.6 Å². The van der Waals surface area contributed by atoms with Crippen LogP contribution in [0.4, 0.5) is 5.69 Å². The molecule has 0 heterocycles. The zero-order valence-corrected chi connectivity index (χ0v) is 11.2. The SMILES string of the molecule is CCN(CC)Cc1cc(C#N)ccc1NC(C)=O. The van der Waals surface area contributed by atoms with E-state index in [1.165, 1.54) is 6.92 Å². The van der Waals surface area contributed by atoms with Crippen LogP contribution in [0.1, 0.15) is 31.9 Å². The average Bonchev–Trinajstić information content (AvgIpc) is 2.36. The Labute approximate surface area is 108 Å². The molecule has 0 aliphatic carbocycles. The monoisotopic (exact) mass is 245 g/mol. The highest BCUT2D eigenvalue weighted by atomic mass is 16.1. The predicted octanol–water partition coefficient (Wildman–Crippen LogP) is 2.36. The Hall–Kier alpha value is -1.86. The third-order valence-electron chi connectivity index (χ3n) is 2.83. The summed E-state index contributed by atoms with van der Waals surface area (Å²) in [6, 6.07) is 7.47. The summed E-state index contributed by atoms with van der Waals surface area (Å²) in [5, 5.41) is 11.7. The Morgan fingerprint density at radius 2 is 2.06 bits per heavy atom. The van der Waals surface area contributed by atoms with Crippen molar-refractivity contribution < 1.29 is 4.79 Å². The summed E-state index contributed by atoms with van der Waals surface area (Å²) in [7, 11) is 0. The Morgan fingerprint density at radius 1 is 1.39 bits per heavy atom. The summed E-state index contributed by atoms with van der Waals surface area (Å²) in [5.74, 6) is -0.0968. The quantitative estimate of drug-likeness (QED) is 0.866. The molecule has 0 saturated heterocycles. The van der Waals surface area contributed by atoms with Gasteiger partial charge in [0.15, 0.2) is 0 Å². The van der Waals surface area contributed by atoms with Gasteiger partial charge >= 0.3 is 0 Å². The van der Waals surface area contributed by atoms with Crippen LogP contribution in [0.5, 0.6) is 0 Å². The zero-order chi connectivity index (χ0) is 13.5. The number of hydrogen-bond donors (Lipinski definition) is 1. The molecular weight excluding hydrogens is 226 g/mol. The summed E-state index contributed by atoms with van der Waals surface area (Å²) in [4.78, 5) is 13.4. The lowest BCUT2D eigenvalue weighted by molar-refractivity contribution is -0.114. The molecule has 0 bridgehead atoms. The maximum Gasteiger partial charge on any atom is 0.221 e. The van der Waals surface area contributed by atoms with Crippen LogP contribution >= 0.6 is 0 Å². The van der Waals surface area contributed by atoms with E-state index in [1.807, 2.05) is 6.07 Å². The van der Waals surface area contributed by atoms with Crippen LogP contribution < -0.4 is 5.32 Å². The van der Waals surface area contributed by atoms with Gasteiger partial charge in [-0.15, -0.1) is 0 Å². The fourth-order valence-electron chi connectivity index (χ4n) is 1.79. The minimum Gasteiger partial charge on any atom is -0.326 e. The molecule has 0 atom stereocenters. The normalized spacial score (nSPS) is 10.2. The van der Waals surface area contributed by atoms with E-state index in [-0.39, 0.29) is 5.91 Å². The summed E-state index contributed by atoms with van der Waals surface area (Å²) >= 11 is 0. The molecule has 1 rings (SSSR count). The molecule has 0 fully saturated rings. The number of nitrogens with one attached hydrogen (secondary N) is 1. The Balaban J connectivity index is 3.03. The second-order valence-electron chi connectivity index (χ2n) is 4.13. The number of anilines is 1. The van der Waals surface area contributed by atoms with Crippen molar-refractivity contribution in [1.82, 2.24) is 4.90 Å². The smallest absolute Gasteiger partial charge is 0.221 e. The molecular formula is C14H19N3O. The minimum atomic E-state index is -0.0968. The zero-order valence-electron chi connectivity index (χ0n) is 11.2. The second kappa shape index (κ2) is 6.77. The molecule has 0 radical (unpaired) electrons. The van der Waals surface area contributed by atoms with Crippen molar-refractivity contribution in [3.05, 3.63) is 29.3 Å². The van der Waals surface area contributed by atoms with E-state index in [2.05, 4.69) is 30.1 Å². The largest absolute Gasteiger partial charge is 0.326 e. The first kappa shape index (κ1) is 14.2. The highest BCUT2D eigenvalue weighted by Gasteiger charge is 2.08. The molecule has 1 N–H and O–H groups in total. The van der Waals surface area contributed by atoms with Gasteiger partial charge in [-0.1, -0.05) is 13.8 Å². The molecule has 18 heavy (non-hydrogen) atoms. The lowest BCUT2D eigenvalue weighted by Crippen LogP contribution is -2.23. The van der Waals surface area contributed by atoms with Crippen LogP contribution in [-0.4, -0.2) is 23.9 Å². The van der Waals surface area contributed by atoms with Gasteiger partial charge in [-0.2, -0.15) is 5.26 Å². The fraction of sp³-hybridized carbons (Fsp3) is 0.429. The predicted molar refractivity (Wildman–Crippen MR) is 72.1 cm³/mol. The lowest BCUT2D eigenvalue weighted by Gasteiger charge is -2.20. The summed E-state index contributed by atoms with van der Waals surface area (Å²) in [6.45, 7) is 8.28. The van der Waals surface area contributed by atoms with E-state index in [9.17, 15) is 4.79 Å². The number of carbonyl (C=O) groups is 1. The number of rotatable bonds is 5. The van der Waals surface area contributed by atoms with Gasteiger partial charge in [-0.3, -0.25) is 9.69 Å². The highest BCUT2D eigenvalue weighted by Crippen LogP contribution is 2.19. The van der Waals surface area contributed by atoms with Crippen LogP contribution in [0.3, 0.4) is 0 Å². The fourth-order valence-corrected chi connectivity index (χ4v) is 1.79. The number of hydrogen-bond acceptors (Lipinski definition) is 3. The van der Waals surface area contributed by atoms with Gasteiger partial charge in [-0.05, 0) is 36.9 Å². The van der Waals surface area contributed by atoms with Crippen LogP contribution in [0.25, 0.3) is 0 Å². The summed E-state index contributed by atoms with van der Waals surface area (Å²) < 4.78 is 0. The maximum atomic E-state index is 11.2. The molecule has 96 valence electrons. The molecule has 1 aromatic carbocycles. The van der Waals surface area contributed by atoms with Crippen molar-refractivity contribution in [3.8, 4) is 6.07 Å². The first-order valence-electron chi connectivity index (χ1n) is 6.13. The van der Waals surface area contributed by atoms with Crippen molar-refractivity contribution in [2.75, 3.05) is 18.4 Å². The van der Waals surface area contributed by atoms with Gasteiger partial charge in [0.25, 0.3) is 0 Å². The van der Waals surface area contributed by atoms with Gasteiger partial charge in [0.2, 0.25) is 5.91 Å². The molecule has 0 aliphatic heterocycles. The van der Waals surface area contributed by atoms with E-state index in [1.54, 1.807) is 12.1 Å². The number of nitriles is 1. The van der Waals surface area contributed by atoms with E-state index in [0.29, 0.717) is 5.56 Å². The third-order valence-corrected chi connectivity index (χ3v) is 2.83. The molecule has 0 aliphatic rings. The number of amides is 1. The van der Waals surface area contributed by atoms with Crippen LogP contribution in [-0.2, 0) is 11.3 Å². The van der Waals surface area contributed by atoms with Crippen LogP contribution in [0.2, 0.25) is 0 Å². The molecule has 0 spiro atoms. The average molecular weight is 245 g/mol. The van der Waals surface area contributed by atoms with Gasteiger partial charge < -0.3 is 5.32 Å². The number of carbonyl (C=O) groups excluding carboxylic acids is 1. The van der Waals surface area contributed by atoms with Crippen LogP contribution in [0, 0.1) is 11.3 Å². The number of nitrogens with zero attached hydrogens (tertiary/aromatic N) is 2. The summed E-state index contributed by atoms with van der Waals surface area (Å²) in [5.41, 5.74) is 2.38. The minimum absolute atomic E-state index is 0.0968.